The SMILES string of the molecule is CC(N)c1nocc1C(=O)Nc1cc(-c2ccc(F)cc2)n(C)n1. The van der Waals surface area contributed by atoms with Gasteiger partial charge in [0, 0.05) is 24.7 Å². The Kier molecular flexibility index (Phi) is 4.13. The lowest BCUT2D eigenvalue weighted by Gasteiger charge is -2.03. The first-order valence-corrected chi connectivity index (χ1v) is 7.27. The molecule has 1 amide bonds. The van der Waals surface area contributed by atoms with E-state index in [0.29, 0.717) is 11.5 Å². The Morgan fingerprint density at radius 2 is 2.08 bits per heavy atom. The number of aryl methyl sites for hydroxylation is 1. The van der Waals surface area contributed by atoms with E-state index < -0.39 is 11.9 Å². The maximum Gasteiger partial charge on any atom is 0.262 e. The highest BCUT2D eigenvalue weighted by molar-refractivity contribution is 6.04. The van der Waals surface area contributed by atoms with Crippen molar-refractivity contribution in [3.8, 4) is 11.3 Å². The molecular weight excluding hydrogens is 313 g/mol. The normalized spacial score (nSPS) is 12.2. The number of nitrogens with two attached hydrogens (primary N) is 1. The van der Waals surface area contributed by atoms with Crippen LogP contribution in [0.3, 0.4) is 0 Å². The Hall–Kier alpha value is -3.00. The summed E-state index contributed by atoms with van der Waals surface area (Å²) in [4.78, 5) is 12.3. The number of halogens is 1. The predicted molar refractivity (Wildman–Crippen MR) is 85.7 cm³/mol. The van der Waals surface area contributed by atoms with E-state index in [2.05, 4.69) is 15.6 Å². The molecule has 1 aromatic carbocycles. The number of benzene rings is 1. The quantitative estimate of drug-likeness (QED) is 0.766. The van der Waals surface area contributed by atoms with Crippen LogP contribution in [0.1, 0.15) is 29.0 Å². The largest absolute Gasteiger partial charge is 0.364 e. The van der Waals surface area contributed by atoms with E-state index in [1.165, 1.54) is 18.4 Å². The van der Waals surface area contributed by atoms with Crippen molar-refractivity contribution in [2.75, 3.05) is 5.32 Å². The van der Waals surface area contributed by atoms with E-state index >= 15 is 0 Å². The van der Waals surface area contributed by atoms with Gasteiger partial charge in [0.25, 0.3) is 5.91 Å². The molecule has 0 aliphatic carbocycles. The average molecular weight is 329 g/mol. The molecule has 1 atom stereocenters. The summed E-state index contributed by atoms with van der Waals surface area (Å²) in [6, 6.07) is 7.30. The van der Waals surface area contributed by atoms with Crippen LogP contribution >= 0.6 is 0 Å². The summed E-state index contributed by atoms with van der Waals surface area (Å²) in [5.74, 6) is -0.365. The number of rotatable bonds is 4. The van der Waals surface area contributed by atoms with Gasteiger partial charge in [0.15, 0.2) is 5.82 Å². The predicted octanol–water partition coefficient (Wildman–Crippen LogP) is 2.49. The van der Waals surface area contributed by atoms with Gasteiger partial charge in [0.2, 0.25) is 0 Å². The number of nitrogens with one attached hydrogen (secondary N) is 1. The molecule has 124 valence electrons. The first kappa shape index (κ1) is 15.9. The molecule has 0 saturated carbocycles. The summed E-state index contributed by atoms with van der Waals surface area (Å²) < 4.78 is 19.5. The van der Waals surface area contributed by atoms with Gasteiger partial charge in [-0.05, 0) is 31.2 Å². The topological polar surface area (TPSA) is 99.0 Å². The standard InChI is InChI=1S/C16H16FN5O2/c1-9(18)15-12(8-24-21-15)16(23)19-14-7-13(22(2)20-14)10-3-5-11(17)6-4-10/h3-9H,18H2,1-2H3,(H,19,20,23). The van der Waals surface area contributed by atoms with Crippen LogP contribution in [0.2, 0.25) is 0 Å². The number of carbonyl (C=O) groups is 1. The summed E-state index contributed by atoms with van der Waals surface area (Å²) in [5, 5.41) is 10.7. The van der Waals surface area contributed by atoms with Crippen LogP contribution in [-0.4, -0.2) is 20.8 Å². The van der Waals surface area contributed by atoms with Crippen LogP contribution in [0.4, 0.5) is 10.2 Å². The van der Waals surface area contributed by atoms with Crippen molar-refractivity contribution in [2.24, 2.45) is 12.8 Å². The molecular formula is C16H16FN5O2. The first-order chi connectivity index (χ1) is 11.5. The number of nitrogens with zero attached hydrogens (tertiary/aromatic N) is 3. The zero-order valence-corrected chi connectivity index (χ0v) is 13.2. The molecule has 0 radical (unpaired) electrons. The Labute approximate surface area is 137 Å². The van der Waals surface area contributed by atoms with Gasteiger partial charge >= 0.3 is 0 Å². The summed E-state index contributed by atoms with van der Waals surface area (Å²) in [6.45, 7) is 1.71. The Morgan fingerprint density at radius 1 is 1.38 bits per heavy atom. The van der Waals surface area contributed by atoms with E-state index in [-0.39, 0.29) is 11.4 Å². The summed E-state index contributed by atoms with van der Waals surface area (Å²) >= 11 is 0. The Morgan fingerprint density at radius 3 is 2.75 bits per heavy atom. The molecule has 2 heterocycles. The molecule has 7 nitrogen and oxygen atoms in total. The second-order valence-corrected chi connectivity index (χ2v) is 5.40. The highest BCUT2D eigenvalue weighted by Crippen LogP contribution is 2.23. The fraction of sp³-hybridized carbons (Fsp3) is 0.188. The minimum absolute atomic E-state index is 0.263. The van der Waals surface area contributed by atoms with Crippen molar-refractivity contribution in [3.63, 3.8) is 0 Å². The monoisotopic (exact) mass is 329 g/mol. The second kappa shape index (κ2) is 6.25. The van der Waals surface area contributed by atoms with E-state index in [4.69, 9.17) is 10.3 Å². The molecule has 3 rings (SSSR count). The first-order valence-electron chi connectivity index (χ1n) is 7.27. The van der Waals surface area contributed by atoms with E-state index in [0.717, 1.165) is 11.3 Å². The lowest BCUT2D eigenvalue weighted by Crippen LogP contribution is -2.17. The van der Waals surface area contributed by atoms with Crippen molar-refractivity contribution in [3.05, 3.63) is 53.7 Å². The number of hydrogen-bond donors (Lipinski definition) is 2. The zero-order valence-electron chi connectivity index (χ0n) is 13.2. The number of anilines is 1. The summed E-state index contributed by atoms with van der Waals surface area (Å²) in [7, 11) is 1.74. The van der Waals surface area contributed by atoms with Crippen LogP contribution in [-0.2, 0) is 7.05 Å². The van der Waals surface area contributed by atoms with E-state index in [1.54, 1.807) is 36.9 Å². The van der Waals surface area contributed by atoms with Crippen LogP contribution in [0.5, 0.6) is 0 Å². The molecule has 1 unspecified atom stereocenters. The van der Waals surface area contributed by atoms with Gasteiger partial charge in [-0.25, -0.2) is 4.39 Å². The summed E-state index contributed by atoms with van der Waals surface area (Å²) in [5.41, 5.74) is 7.92. The highest BCUT2D eigenvalue weighted by atomic mass is 19.1. The molecule has 2 aromatic heterocycles. The van der Waals surface area contributed by atoms with Gasteiger partial charge in [-0.2, -0.15) is 5.10 Å². The van der Waals surface area contributed by atoms with Crippen LogP contribution in [0.15, 0.2) is 41.1 Å². The molecule has 24 heavy (non-hydrogen) atoms. The van der Waals surface area contributed by atoms with Crippen LogP contribution < -0.4 is 11.1 Å². The third-order valence-corrected chi connectivity index (χ3v) is 3.53. The minimum atomic E-state index is -0.428. The number of amides is 1. The Bertz CT molecular complexity index is 867. The molecule has 0 aliphatic rings. The molecule has 0 bridgehead atoms. The number of hydrogen-bond acceptors (Lipinski definition) is 5. The van der Waals surface area contributed by atoms with Crippen LogP contribution in [0.25, 0.3) is 11.3 Å². The molecule has 3 aromatic rings. The lowest BCUT2D eigenvalue weighted by atomic mass is 10.1. The smallest absolute Gasteiger partial charge is 0.262 e. The van der Waals surface area contributed by atoms with Gasteiger partial charge in [-0.3, -0.25) is 9.48 Å². The maximum atomic E-state index is 13.0. The molecule has 0 saturated heterocycles. The molecule has 0 spiro atoms. The van der Waals surface area contributed by atoms with Crippen molar-refractivity contribution in [1.29, 1.82) is 0 Å². The molecule has 0 aliphatic heterocycles. The molecule has 8 heteroatoms. The second-order valence-electron chi connectivity index (χ2n) is 5.40. The van der Waals surface area contributed by atoms with Gasteiger partial charge < -0.3 is 15.6 Å². The Balaban J connectivity index is 1.84. The van der Waals surface area contributed by atoms with Crippen LogP contribution in [0, 0.1) is 5.82 Å². The average Bonchev–Trinajstić information content (AvgIpc) is 3.15. The third kappa shape index (κ3) is 3.04. The summed E-state index contributed by atoms with van der Waals surface area (Å²) in [6.07, 6.45) is 1.25. The third-order valence-electron chi connectivity index (χ3n) is 3.53. The minimum Gasteiger partial charge on any atom is -0.364 e. The van der Waals surface area contributed by atoms with Crippen molar-refractivity contribution < 1.29 is 13.7 Å². The molecule has 3 N–H and O–H groups in total. The van der Waals surface area contributed by atoms with Gasteiger partial charge in [-0.15, -0.1) is 0 Å². The lowest BCUT2D eigenvalue weighted by molar-refractivity contribution is 0.102. The van der Waals surface area contributed by atoms with Crippen molar-refractivity contribution in [2.45, 2.75) is 13.0 Å². The van der Waals surface area contributed by atoms with Gasteiger partial charge in [0.05, 0.1) is 5.69 Å². The van der Waals surface area contributed by atoms with Crippen molar-refractivity contribution >= 4 is 11.7 Å². The van der Waals surface area contributed by atoms with Gasteiger partial charge in [-0.1, -0.05) is 5.16 Å². The van der Waals surface area contributed by atoms with Crippen molar-refractivity contribution in [1.82, 2.24) is 14.9 Å². The molecule has 0 fully saturated rings. The maximum absolute atomic E-state index is 13.0. The van der Waals surface area contributed by atoms with Gasteiger partial charge in [0.1, 0.15) is 23.3 Å². The fourth-order valence-corrected chi connectivity index (χ4v) is 2.35. The fourth-order valence-electron chi connectivity index (χ4n) is 2.35. The van der Waals surface area contributed by atoms with E-state index in [9.17, 15) is 9.18 Å². The zero-order chi connectivity index (χ0) is 17.3. The highest BCUT2D eigenvalue weighted by Gasteiger charge is 2.20. The number of aromatic nitrogens is 3. The van der Waals surface area contributed by atoms with E-state index in [1.807, 2.05) is 0 Å². The number of carbonyl (C=O) groups excluding carboxylic acids is 1.